The number of carboxylic acid groups (broad SMARTS) is 1. The summed E-state index contributed by atoms with van der Waals surface area (Å²) >= 11 is 0. The molecule has 0 aliphatic carbocycles. The molecule has 1 N–H and O–H groups in total. The highest BCUT2D eigenvalue weighted by atomic mass is 16.5. The Labute approximate surface area is 155 Å². The van der Waals surface area contributed by atoms with Gasteiger partial charge in [0.25, 0.3) is 0 Å². The van der Waals surface area contributed by atoms with Crippen LogP contribution in [-0.4, -0.2) is 42.6 Å². The van der Waals surface area contributed by atoms with Crippen molar-refractivity contribution in [2.75, 3.05) is 20.8 Å². The van der Waals surface area contributed by atoms with E-state index >= 15 is 0 Å². The highest BCUT2D eigenvalue weighted by molar-refractivity contribution is 5.79. The molecule has 1 aliphatic heterocycles. The Morgan fingerprint density at radius 2 is 1.81 bits per heavy atom. The maximum Gasteiger partial charge on any atom is 0.305 e. The van der Waals surface area contributed by atoms with Crippen LogP contribution in [0, 0.1) is 5.92 Å². The first-order chi connectivity index (χ1) is 12.4. The second-order valence-electron chi connectivity index (χ2n) is 6.74. The molecule has 1 aliphatic rings. The van der Waals surface area contributed by atoms with Gasteiger partial charge in [0.05, 0.1) is 26.7 Å². The van der Waals surface area contributed by atoms with Crippen molar-refractivity contribution in [1.29, 1.82) is 0 Å². The highest BCUT2D eigenvalue weighted by Gasteiger charge is 2.34. The van der Waals surface area contributed by atoms with E-state index < -0.39 is 12.0 Å². The van der Waals surface area contributed by atoms with Crippen molar-refractivity contribution < 1.29 is 24.2 Å². The first-order valence-electron chi connectivity index (χ1n) is 9.21. The van der Waals surface area contributed by atoms with Gasteiger partial charge < -0.3 is 19.5 Å². The number of benzene rings is 1. The van der Waals surface area contributed by atoms with E-state index in [9.17, 15) is 14.7 Å². The van der Waals surface area contributed by atoms with Crippen molar-refractivity contribution in [3.63, 3.8) is 0 Å². The molecule has 6 nitrogen and oxygen atoms in total. The molecule has 0 saturated carbocycles. The van der Waals surface area contributed by atoms with Gasteiger partial charge in [-0.25, -0.2) is 0 Å². The fourth-order valence-corrected chi connectivity index (χ4v) is 3.65. The van der Waals surface area contributed by atoms with Crippen LogP contribution in [0.5, 0.6) is 11.5 Å². The zero-order chi connectivity index (χ0) is 19.3. The van der Waals surface area contributed by atoms with Gasteiger partial charge in [-0.3, -0.25) is 9.59 Å². The minimum absolute atomic E-state index is 0.0328. The maximum atomic E-state index is 12.9. The highest BCUT2D eigenvalue weighted by Crippen LogP contribution is 2.40. The third kappa shape index (κ3) is 4.29. The van der Waals surface area contributed by atoms with Gasteiger partial charge in [0, 0.05) is 13.0 Å². The molecule has 0 spiro atoms. The van der Waals surface area contributed by atoms with E-state index in [1.807, 2.05) is 12.1 Å². The predicted molar refractivity (Wildman–Crippen MR) is 98.6 cm³/mol. The molecule has 1 atom stereocenters. The number of amides is 1. The number of nitrogens with zero attached hydrogens (tertiary/aromatic N) is 1. The molecule has 0 aromatic heterocycles. The Kier molecular flexibility index (Phi) is 6.89. The fraction of sp³-hybridized carbons (Fsp3) is 0.600. The number of carbonyl (C=O) groups is 2. The molecule has 1 aromatic carbocycles. The molecule has 1 heterocycles. The van der Waals surface area contributed by atoms with Gasteiger partial charge in [0.2, 0.25) is 5.91 Å². The van der Waals surface area contributed by atoms with Gasteiger partial charge in [0.15, 0.2) is 11.5 Å². The summed E-state index contributed by atoms with van der Waals surface area (Å²) in [4.78, 5) is 26.1. The molecule has 0 saturated heterocycles. The predicted octanol–water partition coefficient (Wildman–Crippen LogP) is 3.43. The van der Waals surface area contributed by atoms with Gasteiger partial charge >= 0.3 is 5.97 Å². The van der Waals surface area contributed by atoms with E-state index in [1.54, 1.807) is 19.1 Å². The summed E-state index contributed by atoms with van der Waals surface area (Å²) in [5.41, 5.74) is 1.86. The van der Waals surface area contributed by atoms with Gasteiger partial charge in [0.1, 0.15) is 0 Å². The van der Waals surface area contributed by atoms with E-state index in [0.29, 0.717) is 36.8 Å². The number of hydrogen-bond acceptors (Lipinski definition) is 4. The molecular weight excluding hydrogens is 334 g/mol. The van der Waals surface area contributed by atoms with Crippen molar-refractivity contribution in [1.82, 2.24) is 4.90 Å². The third-order valence-corrected chi connectivity index (χ3v) is 5.31. The van der Waals surface area contributed by atoms with E-state index in [1.165, 1.54) is 0 Å². The lowest BCUT2D eigenvalue weighted by Gasteiger charge is -2.38. The Morgan fingerprint density at radius 1 is 1.19 bits per heavy atom. The van der Waals surface area contributed by atoms with Crippen molar-refractivity contribution in [2.45, 2.75) is 52.0 Å². The van der Waals surface area contributed by atoms with Crippen LogP contribution in [0.1, 0.15) is 56.7 Å². The second-order valence-corrected chi connectivity index (χ2v) is 6.74. The molecule has 2 rings (SSSR count). The van der Waals surface area contributed by atoms with Crippen molar-refractivity contribution in [3.8, 4) is 11.5 Å². The lowest BCUT2D eigenvalue weighted by Crippen LogP contribution is -2.41. The largest absolute Gasteiger partial charge is 0.493 e. The topological polar surface area (TPSA) is 76.1 Å². The maximum absolute atomic E-state index is 12.9. The molecule has 26 heavy (non-hydrogen) atoms. The smallest absolute Gasteiger partial charge is 0.305 e. The van der Waals surface area contributed by atoms with Crippen molar-refractivity contribution >= 4 is 11.9 Å². The Morgan fingerprint density at radius 3 is 2.35 bits per heavy atom. The van der Waals surface area contributed by atoms with Crippen LogP contribution < -0.4 is 9.47 Å². The summed E-state index contributed by atoms with van der Waals surface area (Å²) < 4.78 is 10.7. The minimum Gasteiger partial charge on any atom is -0.493 e. The van der Waals surface area contributed by atoms with Crippen LogP contribution in [0.4, 0.5) is 0 Å². The SMILES string of the molecule is CCC(CC)CC(=O)N1CCc2cc(OC)c(OC)cc2C1CC(=O)O. The van der Waals surface area contributed by atoms with E-state index in [4.69, 9.17) is 9.47 Å². The fourth-order valence-electron chi connectivity index (χ4n) is 3.65. The molecule has 144 valence electrons. The van der Waals surface area contributed by atoms with Crippen molar-refractivity contribution in [3.05, 3.63) is 23.3 Å². The average molecular weight is 363 g/mol. The molecule has 0 fully saturated rings. The van der Waals surface area contributed by atoms with Gasteiger partial charge in [-0.15, -0.1) is 0 Å². The molecule has 1 aromatic rings. The molecule has 0 bridgehead atoms. The lowest BCUT2D eigenvalue weighted by atomic mass is 9.89. The van der Waals surface area contributed by atoms with Crippen LogP contribution in [0.2, 0.25) is 0 Å². The second kappa shape index (κ2) is 8.92. The number of aliphatic carboxylic acids is 1. The summed E-state index contributed by atoms with van der Waals surface area (Å²) in [5, 5.41) is 9.40. The standard InChI is InChI=1S/C20H29NO5/c1-5-13(6-2)9-19(22)21-8-7-14-10-17(25-3)18(26-4)11-15(14)16(21)12-20(23)24/h10-11,13,16H,5-9,12H2,1-4H3,(H,23,24). The van der Waals surface area contributed by atoms with Gasteiger partial charge in [-0.05, 0) is 35.6 Å². The normalized spacial score (nSPS) is 16.3. The van der Waals surface area contributed by atoms with Crippen molar-refractivity contribution in [2.24, 2.45) is 5.92 Å². The van der Waals surface area contributed by atoms with Crippen LogP contribution in [0.15, 0.2) is 12.1 Å². The summed E-state index contributed by atoms with van der Waals surface area (Å²) in [6.07, 6.45) is 2.92. The Bertz CT molecular complexity index is 654. The minimum atomic E-state index is -0.919. The summed E-state index contributed by atoms with van der Waals surface area (Å²) in [5.74, 6) is 0.621. The Hall–Kier alpha value is -2.24. The Balaban J connectivity index is 2.38. The summed E-state index contributed by atoms with van der Waals surface area (Å²) in [6.45, 7) is 4.69. The van der Waals surface area contributed by atoms with Gasteiger partial charge in [-0.2, -0.15) is 0 Å². The van der Waals surface area contributed by atoms with Crippen LogP contribution in [0.25, 0.3) is 0 Å². The molecule has 1 amide bonds. The number of hydrogen-bond donors (Lipinski definition) is 1. The molecule has 1 unspecified atom stereocenters. The first-order valence-corrected chi connectivity index (χ1v) is 9.21. The number of ether oxygens (including phenoxy) is 2. The van der Waals surface area contributed by atoms with E-state index in [0.717, 1.165) is 24.0 Å². The number of carbonyl (C=O) groups excluding carboxylic acids is 1. The number of methoxy groups -OCH3 is 2. The van der Waals surface area contributed by atoms with Crippen LogP contribution in [-0.2, 0) is 16.0 Å². The molecular formula is C20H29NO5. The number of carboxylic acids is 1. The monoisotopic (exact) mass is 363 g/mol. The zero-order valence-corrected chi connectivity index (χ0v) is 16.1. The summed E-state index contributed by atoms with van der Waals surface area (Å²) in [6, 6.07) is 3.24. The molecule has 6 heteroatoms. The van der Waals surface area contributed by atoms with E-state index in [-0.39, 0.29) is 12.3 Å². The number of rotatable bonds is 8. The van der Waals surface area contributed by atoms with Gasteiger partial charge in [-0.1, -0.05) is 26.7 Å². The van der Waals surface area contributed by atoms with Crippen LogP contribution in [0.3, 0.4) is 0 Å². The quantitative estimate of drug-likeness (QED) is 0.766. The lowest BCUT2D eigenvalue weighted by molar-refractivity contribution is -0.141. The average Bonchev–Trinajstić information content (AvgIpc) is 2.64. The zero-order valence-electron chi connectivity index (χ0n) is 16.1. The third-order valence-electron chi connectivity index (χ3n) is 5.31. The first kappa shape index (κ1) is 20.1. The number of fused-ring (bicyclic) bond motifs is 1. The summed E-state index contributed by atoms with van der Waals surface area (Å²) in [7, 11) is 3.13. The van der Waals surface area contributed by atoms with Crippen LogP contribution >= 0.6 is 0 Å². The molecule has 0 radical (unpaired) electrons. The van der Waals surface area contributed by atoms with E-state index in [2.05, 4.69) is 13.8 Å².